The number of amides is 2. The van der Waals surface area contributed by atoms with Crippen LogP contribution in [-0.4, -0.2) is 63.5 Å². The number of aliphatic imine (C=N–C) groups is 1. The summed E-state index contributed by atoms with van der Waals surface area (Å²) in [4.78, 5) is 31.6. The van der Waals surface area contributed by atoms with Crippen LogP contribution in [0.1, 0.15) is 25.6 Å². The zero-order valence-corrected chi connectivity index (χ0v) is 18.3. The van der Waals surface area contributed by atoms with Gasteiger partial charge in [0.25, 0.3) is 0 Å². The van der Waals surface area contributed by atoms with Crippen molar-refractivity contribution in [3.05, 3.63) is 42.4 Å². The Balaban J connectivity index is 1.11. The Morgan fingerprint density at radius 2 is 1.91 bits per heavy atom. The predicted molar refractivity (Wildman–Crippen MR) is 120 cm³/mol. The van der Waals surface area contributed by atoms with Gasteiger partial charge in [-0.15, -0.1) is 10.2 Å². The summed E-state index contributed by atoms with van der Waals surface area (Å²) in [6.07, 6.45) is 8.55. The molecule has 3 heterocycles. The van der Waals surface area contributed by atoms with Gasteiger partial charge in [0.1, 0.15) is 5.82 Å². The number of carbonyl (C=O) groups is 2. The quantitative estimate of drug-likeness (QED) is 0.211. The molecule has 1 aliphatic heterocycles. The summed E-state index contributed by atoms with van der Waals surface area (Å²) < 4.78 is 1.98. The minimum atomic E-state index is -0.117. The van der Waals surface area contributed by atoms with Gasteiger partial charge in [0.05, 0.1) is 11.8 Å². The van der Waals surface area contributed by atoms with Crippen molar-refractivity contribution < 1.29 is 9.59 Å². The highest BCUT2D eigenvalue weighted by Crippen LogP contribution is 2.52. The first-order chi connectivity index (χ1) is 15.7. The molecule has 9 heteroatoms. The number of nitrogens with one attached hydrogen (secondary N) is 2. The molecule has 2 aromatic heterocycles. The maximum Gasteiger partial charge on any atom is 0.233 e. The Kier molecular flexibility index (Phi) is 5.63. The average Bonchev–Trinajstić information content (AvgIpc) is 3.56. The van der Waals surface area contributed by atoms with Crippen LogP contribution in [0, 0.1) is 23.7 Å². The van der Waals surface area contributed by atoms with Crippen molar-refractivity contribution in [2.24, 2.45) is 28.7 Å². The van der Waals surface area contributed by atoms with E-state index in [-0.39, 0.29) is 35.5 Å². The van der Waals surface area contributed by atoms with Crippen LogP contribution in [-0.2, 0) is 16.0 Å². The Morgan fingerprint density at radius 3 is 2.66 bits per heavy atom. The first kappa shape index (κ1) is 20.7. The van der Waals surface area contributed by atoms with Crippen molar-refractivity contribution in [1.82, 2.24) is 30.1 Å². The lowest BCUT2D eigenvalue weighted by Crippen LogP contribution is -2.39. The lowest BCUT2D eigenvalue weighted by Gasteiger charge is -2.17. The number of pyridine rings is 1. The van der Waals surface area contributed by atoms with Crippen LogP contribution in [0.25, 0.3) is 5.65 Å². The molecule has 2 amide bonds. The SMILES string of the molecule is CCNC(=NCCCN1C(=O)C2C3C=CC(C3)C2C1=O)NCCc1nnc2ccccn12. The van der Waals surface area contributed by atoms with Gasteiger partial charge in [-0.05, 0) is 43.7 Å². The standard InChI is InChI=1S/C23H29N7O2/c1-2-24-23(26-11-9-18-28-27-17-6-3-4-12-29(17)18)25-10-5-13-30-21(31)19-15-7-8-16(14-15)20(19)22(30)32/h3-4,6-8,12,15-16,19-20H,2,5,9-11,13-14H2,1H3,(H2,24,25,26). The minimum Gasteiger partial charge on any atom is -0.357 e. The molecule has 2 fully saturated rings. The third-order valence-electron chi connectivity index (χ3n) is 6.74. The number of hydrogen-bond donors (Lipinski definition) is 2. The van der Waals surface area contributed by atoms with Crippen LogP contribution < -0.4 is 10.6 Å². The fourth-order valence-corrected chi connectivity index (χ4v) is 5.30. The minimum absolute atomic E-state index is 0.0198. The highest BCUT2D eigenvalue weighted by Gasteiger charge is 2.58. The number of fused-ring (bicyclic) bond motifs is 6. The van der Waals surface area contributed by atoms with Crippen molar-refractivity contribution in [3.63, 3.8) is 0 Å². The van der Waals surface area contributed by atoms with Gasteiger partial charge in [0.15, 0.2) is 11.6 Å². The number of allylic oxidation sites excluding steroid dienone is 2. The van der Waals surface area contributed by atoms with Gasteiger partial charge in [0.2, 0.25) is 11.8 Å². The van der Waals surface area contributed by atoms with Gasteiger partial charge >= 0.3 is 0 Å². The molecular formula is C23H29N7O2. The largest absolute Gasteiger partial charge is 0.357 e. The van der Waals surface area contributed by atoms with Gasteiger partial charge in [-0.3, -0.25) is 23.9 Å². The maximum atomic E-state index is 12.8. The summed E-state index contributed by atoms with van der Waals surface area (Å²) in [5.74, 6) is 1.94. The third-order valence-corrected chi connectivity index (χ3v) is 6.74. The van der Waals surface area contributed by atoms with Crippen LogP contribution in [0.2, 0.25) is 0 Å². The smallest absolute Gasteiger partial charge is 0.233 e. The normalized spacial score (nSPS) is 26.4. The van der Waals surface area contributed by atoms with E-state index in [0.29, 0.717) is 32.5 Å². The molecule has 5 rings (SSSR count). The number of rotatable bonds is 8. The third kappa shape index (κ3) is 3.65. The molecule has 1 saturated carbocycles. The van der Waals surface area contributed by atoms with Gasteiger partial charge in [0, 0.05) is 38.8 Å². The molecule has 0 spiro atoms. The van der Waals surface area contributed by atoms with E-state index < -0.39 is 0 Å². The Hall–Kier alpha value is -3.23. The molecule has 0 aromatic carbocycles. The number of aromatic nitrogens is 3. The monoisotopic (exact) mass is 435 g/mol. The topological polar surface area (TPSA) is 104 Å². The number of hydrogen-bond acceptors (Lipinski definition) is 5. The second-order valence-corrected chi connectivity index (χ2v) is 8.66. The van der Waals surface area contributed by atoms with Gasteiger partial charge in [-0.25, -0.2) is 0 Å². The Bertz CT molecular complexity index is 1050. The molecular weight excluding hydrogens is 406 g/mol. The number of imide groups is 1. The van der Waals surface area contributed by atoms with E-state index in [1.165, 1.54) is 4.90 Å². The summed E-state index contributed by atoms with van der Waals surface area (Å²) in [5, 5.41) is 15.0. The van der Waals surface area contributed by atoms with Gasteiger partial charge in [-0.2, -0.15) is 0 Å². The van der Waals surface area contributed by atoms with Crippen molar-refractivity contribution in [1.29, 1.82) is 0 Å². The van der Waals surface area contributed by atoms with E-state index in [9.17, 15) is 9.59 Å². The molecule has 0 radical (unpaired) electrons. The molecule has 1 saturated heterocycles. The molecule has 4 unspecified atom stereocenters. The summed E-state index contributed by atoms with van der Waals surface area (Å²) in [5.41, 5.74) is 0.835. The summed E-state index contributed by atoms with van der Waals surface area (Å²) >= 11 is 0. The van der Waals surface area contributed by atoms with E-state index in [1.54, 1.807) is 0 Å². The summed E-state index contributed by atoms with van der Waals surface area (Å²) in [7, 11) is 0. The fourth-order valence-electron chi connectivity index (χ4n) is 5.30. The second kappa shape index (κ2) is 8.72. The summed E-state index contributed by atoms with van der Waals surface area (Å²) in [6, 6.07) is 5.84. The zero-order chi connectivity index (χ0) is 22.1. The van der Waals surface area contributed by atoms with Crippen molar-refractivity contribution >= 4 is 23.4 Å². The van der Waals surface area contributed by atoms with E-state index in [2.05, 4.69) is 38.0 Å². The molecule has 2 aromatic rings. The first-order valence-corrected chi connectivity index (χ1v) is 11.5. The Morgan fingerprint density at radius 1 is 1.12 bits per heavy atom. The molecule has 9 nitrogen and oxygen atoms in total. The van der Waals surface area contributed by atoms with Crippen LogP contribution >= 0.6 is 0 Å². The number of nitrogens with zero attached hydrogens (tertiary/aromatic N) is 5. The molecule has 2 bridgehead atoms. The summed E-state index contributed by atoms with van der Waals surface area (Å²) in [6.45, 7) is 4.43. The van der Waals surface area contributed by atoms with Crippen LogP contribution in [0.4, 0.5) is 0 Å². The van der Waals surface area contributed by atoms with Crippen LogP contribution in [0.5, 0.6) is 0 Å². The van der Waals surface area contributed by atoms with Crippen molar-refractivity contribution in [2.75, 3.05) is 26.2 Å². The molecule has 32 heavy (non-hydrogen) atoms. The maximum absolute atomic E-state index is 12.8. The number of likely N-dealkylation sites (tertiary alicyclic amines) is 1. The van der Waals surface area contributed by atoms with E-state index in [0.717, 1.165) is 30.4 Å². The molecule has 168 valence electrons. The molecule has 4 atom stereocenters. The number of guanidine groups is 1. The van der Waals surface area contributed by atoms with E-state index in [4.69, 9.17) is 0 Å². The van der Waals surface area contributed by atoms with Crippen LogP contribution in [0.15, 0.2) is 41.5 Å². The highest BCUT2D eigenvalue weighted by atomic mass is 16.2. The second-order valence-electron chi connectivity index (χ2n) is 8.66. The van der Waals surface area contributed by atoms with Crippen molar-refractivity contribution in [3.8, 4) is 0 Å². The van der Waals surface area contributed by atoms with E-state index >= 15 is 0 Å². The fraction of sp³-hybridized carbons (Fsp3) is 0.522. The highest BCUT2D eigenvalue weighted by molar-refractivity contribution is 6.06. The average molecular weight is 436 g/mol. The lowest BCUT2D eigenvalue weighted by molar-refractivity contribution is -0.140. The van der Waals surface area contributed by atoms with E-state index in [1.807, 2.05) is 35.7 Å². The molecule has 2 aliphatic carbocycles. The van der Waals surface area contributed by atoms with Gasteiger partial charge in [-0.1, -0.05) is 18.2 Å². The number of carbonyl (C=O) groups excluding carboxylic acids is 2. The lowest BCUT2D eigenvalue weighted by atomic mass is 9.85. The zero-order valence-electron chi connectivity index (χ0n) is 18.3. The predicted octanol–water partition coefficient (Wildman–Crippen LogP) is 1.02. The van der Waals surface area contributed by atoms with Crippen LogP contribution in [0.3, 0.4) is 0 Å². The molecule has 2 N–H and O–H groups in total. The molecule has 3 aliphatic rings. The Labute approximate surface area is 187 Å². The van der Waals surface area contributed by atoms with Crippen molar-refractivity contribution in [2.45, 2.75) is 26.2 Å². The van der Waals surface area contributed by atoms with Gasteiger partial charge < -0.3 is 10.6 Å². The first-order valence-electron chi connectivity index (χ1n) is 11.5.